The predicted octanol–water partition coefficient (Wildman–Crippen LogP) is 4.52. The lowest BCUT2D eigenvalue weighted by molar-refractivity contribution is 0.0952. The molecule has 2 aromatic carbocycles. The Hall–Kier alpha value is -3.47. The Morgan fingerprint density at radius 3 is 2.59 bits per heavy atom. The van der Waals surface area contributed by atoms with Gasteiger partial charge in [0.1, 0.15) is 0 Å². The average molecular weight is 384 g/mol. The number of pyridine rings is 1. The van der Waals surface area contributed by atoms with Gasteiger partial charge in [-0.25, -0.2) is 4.98 Å². The highest BCUT2D eigenvalue weighted by Crippen LogP contribution is 2.25. The highest BCUT2D eigenvalue weighted by Gasteiger charge is 2.14. The normalized spacial score (nSPS) is 11.0. The Bertz CT molecular complexity index is 1150. The summed E-state index contributed by atoms with van der Waals surface area (Å²) in [4.78, 5) is 17.8. The fraction of sp³-hybridized carbons (Fsp3) is 0.208. The molecule has 1 amide bonds. The van der Waals surface area contributed by atoms with E-state index in [2.05, 4.69) is 41.6 Å². The van der Waals surface area contributed by atoms with Crippen molar-refractivity contribution in [2.45, 2.75) is 26.3 Å². The zero-order valence-corrected chi connectivity index (χ0v) is 16.7. The van der Waals surface area contributed by atoms with Crippen LogP contribution in [0.15, 0.2) is 67.0 Å². The molecular formula is C24H24N4O. The Morgan fingerprint density at radius 2 is 1.86 bits per heavy atom. The molecule has 0 saturated heterocycles. The lowest BCUT2D eigenvalue weighted by Gasteiger charge is -2.11. The third kappa shape index (κ3) is 4.19. The van der Waals surface area contributed by atoms with Crippen LogP contribution in [0.4, 0.5) is 0 Å². The largest absolute Gasteiger partial charge is 0.348 e. The van der Waals surface area contributed by atoms with Gasteiger partial charge in [-0.15, -0.1) is 0 Å². The fourth-order valence-corrected chi connectivity index (χ4v) is 3.48. The monoisotopic (exact) mass is 384 g/mol. The topological polar surface area (TPSA) is 59.8 Å². The molecule has 0 saturated carbocycles. The van der Waals surface area contributed by atoms with Crippen LogP contribution in [-0.2, 0) is 20.0 Å². The summed E-state index contributed by atoms with van der Waals surface area (Å²) >= 11 is 0. The Morgan fingerprint density at radius 1 is 1.07 bits per heavy atom. The van der Waals surface area contributed by atoms with Crippen molar-refractivity contribution in [3.63, 3.8) is 0 Å². The number of hydrogen-bond donors (Lipinski definition) is 1. The number of amides is 1. The van der Waals surface area contributed by atoms with Crippen molar-refractivity contribution in [2.24, 2.45) is 7.05 Å². The molecule has 0 fully saturated rings. The van der Waals surface area contributed by atoms with Gasteiger partial charge in [-0.3, -0.25) is 9.48 Å². The second-order valence-corrected chi connectivity index (χ2v) is 7.22. The Labute approximate surface area is 170 Å². The van der Waals surface area contributed by atoms with Crippen LogP contribution in [0.2, 0.25) is 0 Å². The summed E-state index contributed by atoms with van der Waals surface area (Å²) in [5.74, 6) is -0.115. The van der Waals surface area contributed by atoms with Crippen LogP contribution in [-0.4, -0.2) is 20.7 Å². The van der Waals surface area contributed by atoms with Gasteiger partial charge in [-0.05, 0) is 24.1 Å². The van der Waals surface area contributed by atoms with E-state index in [0.717, 1.165) is 40.6 Å². The van der Waals surface area contributed by atoms with E-state index in [1.165, 1.54) is 5.56 Å². The van der Waals surface area contributed by atoms with Gasteiger partial charge in [0.05, 0.1) is 23.0 Å². The summed E-state index contributed by atoms with van der Waals surface area (Å²) in [7, 11) is 1.86. The van der Waals surface area contributed by atoms with Crippen LogP contribution in [0, 0.1) is 0 Å². The van der Waals surface area contributed by atoms with Crippen molar-refractivity contribution in [3.05, 3.63) is 83.7 Å². The summed E-state index contributed by atoms with van der Waals surface area (Å²) in [6.07, 6.45) is 5.84. The number of aromatic nitrogens is 3. The van der Waals surface area contributed by atoms with E-state index >= 15 is 0 Å². The fourth-order valence-electron chi connectivity index (χ4n) is 3.48. The molecule has 29 heavy (non-hydrogen) atoms. The zero-order chi connectivity index (χ0) is 20.2. The molecule has 2 heterocycles. The second kappa shape index (κ2) is 8.27. The first-order valence-corrected chi connectivity index (χ1v) is 9.89. The van der Waals surface area contributed by atoms with Crippen LogP contribution < -0.4 is 5.32 Å². The second-order valence-electron chi connectivity index (χ2n) is 7.22. The van der Waals surface area contributed by atoms with Crippen molar-refractivity contribution < 1.29 is 4.79 Å². The maximum atomic E-state index is 13.0. The number of nitrogens with one attached hydrogen (secondary N) is 1. The summed E-state index contributed by atoms with van der Waals surface area (Å²) in [6.45, 7) is 2.61. The van der Waals surface area contributed by atoms with E-state index < -0.39 is 0 Å². The predicted molar refractivity (Wildman–Crippen MR) is 116 cm³/mol. The quantitative estimate of drug-likeness (QED) is 0.532. The van der Waals surface area contributed by atoms with E-state index in [1.807, 2.05) is 43.6 Å². The number of carbonyl (C=O) groups is 1. The van der Waals surface area contributed by atoms with Gasteiger partial charge in [0.25, 0.3) is 5.91 Å². The molecule has 4 aromatic rings. The van der Waals surface area contributed by atoms with Crippen LogP contribution in [0.25, 0.3) is 22.2 Å². The average Bonchev–Trinajstić information content (AvgIpc) is 3.17. The lowest BCUT2D eigenvalue weighted by atomic mass is 10.0. The zero-order valence-electron chi connectivity index (χ0n) is 16.7. The first kappa shape index (κ1) is 18.9. The van der Waals surface area contributed by atoms with Crippen molar-refractivity contribution in [1.82, 2.24) is 20.1 Å². The van der Waals surface area contributed by atoms with Crippen LogP contribution in [0.5, 0.6) is 0 Å². The lowest BCUT2D eigenvalue weighted by Crippen LogP contribution is -2.23. The molecule has 2 aromatic heterocycles. The molecule has 0 aliphatic rings. The summed E-state index contributed by atoms with van der Waals surface area (Å²) in [5.41, 5.74) is 5.54. The van der Waals surface area contributed by atoms with Gasteiger partial charge in [-0.2, -0.15) is 5.10 Å². The third-order valence-electron chi connectivity index (χ3n) is 4.96. The number of nitrogens with zero attached hydrogens (tertiary/aromatic N) is 3. The van der Waals surface area contributed by atoms with Crippen molar-refractivity contribution >= 4 is 16.8 Å². The molecule has 1 N–H and O–H groups in total. The molecular weight excluding hydrogens is 360 g/mol. The number of fused-ring (bicyclic) bond motifs is 1. The molecule has 0 radical (unpaired) electrons. The number of carbonyl (C=O) groups excluding carboxylic acids is 1. The molecule has 0 aliphatic heterocycles. The van der Waals surface area contributed by atoms with Gasteiger partial charge in [0.15, 0.2) is 0 Å². The number of para-hydroxylation sites is 1. The summed E-state index contributed by atoms with van der Waals surface area (Å²) < 4.78 is 1.73. The molecule has 146 valence electrons. The van der Waals surface area contributed by atoms with E-state index in [0.29, 0.717) is 12.1 Å². The van der Waals surface area contributed by atoms with Crippen molar-refractivity contribution in [1.29, 1.82) is 0 Å². The molecule has 5 heteroatoms. The maximum Gasteiger partial charge on any atom is 0.252 e. The standard InChI is InChI=1S/C24H24N4O/c1-3-6-17-9-11-19(12-10-17)23-13-21(20-7-4-5-8-22(20)27-23)24(29)25-14-18-15-26-28(2)16-18/h4-5,7-13,15-16H,3,6,14H2,1-2H3,(H,25,29). The van der Waals surface area contributed by atoms with Crippen LogP contribution in [0.1, 0.15) is 34.8 Å². The molecule has 0 atom stereocenters. The number of hydrogen-bond acceptors (Lipinski definition) is 3. The first-order valence-electron chi connectivity index (χ1n) is 9.89. The van der Waals surface area contributed by atoms with E-state index in [9.17, 15) is 4.79 Å². The van der Waals surface area contributed by atoms with Gasteiger partial charge in [0, 0.05) is 36.3 Å². The highest BCUT2D eigenvalue weighted by molar-refractivity contribution is 6.07. The van der Waals surface area contributed by atoms with Crippen molar-refractivity contribution in [2.75, 3.05) is 0 Å². The minimum Gasteiger partial charge on any atom is -0.348 e. The molecule has 0 unspecified atom stereocenters. The van der Waals surface area contributed by atoms with Gasteiger partial charge >= 0.3 is 0 Å². The van der Waals surface area contributed by atoms with E-state index in [-0.39, 0.29) is 5.91 Å². The molecule has 5 nitrogen and oxygen atoms in total. The first-order chi connectivity index (χ1) is 14.1. The summed E-state index contributed by atoms with van der Waals surface area (Å²) in [5, 5.41) is 8.00. The Kier molecular flexibility index (Phi) is 5.38. The minimum atomic E-state index is -0.115. The van der Waals surface area contributed by atoms with Crippen LogP contribution in [0.3, 0.4) is 0 Å². The molecule has 0 spiro atoms. The van der Waals surface area contributed by atoms with Crippen molar-refractivity contribution in [3.8, 4) is 11.3 Å². The summed E-state index contributed by atoms with van der Waals surface area (Å²) in [6, 6.07) is 18.1. The Balaban J connectivity index is 1.67. The molecule has 0 aliphatic carbocycles. The molecule has 0 bridgehead atoms. The van der Waals surface area contributed by atoms with Gasteiger partial charge in [-0.1, -0.05) is 55.8 Å². The van der Waals surface area contributed by atoms with Gasteiger partial charge in [0.2, 0.25) is 0 Å². The SMILES string of the molecule is CCCc1ccc(-c2cc(C(=O)NCc3cnn(C)c3)c3ccccc3n2)cc1. The third-order valence-corrected chi connectivity index (χ3v) is 4.96. The number of rotatable bonds is 6. The number of benzene rings is 2. The van der Waals surface area contributed by atoms with Gasteiger partial charge < -0.3 is 5.32 Å². The van der Waals surface area contributed by atoms with E-state index in [1.54, 1.807) is 10.9 Å². The smallest absolute Gasteiger partial charge is 0.252 e. The molecule has 4 rings (SSSR count). The van der Waals surface area contributed by atoms with E-state index in [4.69, 9.17) is 4.98 Å². The van der Waals surface area contributed by atoms with Crippen LogP contribution >= 0.6 is 0 Å². The number of aryl methyl sites for hydroxylation is 2. The highest BCUT2D eigenvalue weighted by atomic mass is 16.1. The minimum absolute atomic E-state index is 0.115. The maximum absolute atomic E-state index is 13.0.